The number of hydrogen-bond acceptors (Lipinski definition) is 6. The molecule has 0 aliphatic rings. The first-order valence-corrected chi connectivity index (χ1v) is 17.9. The number of ether oxygens (including phenoxy) is 1. The van der Waals surface area contributed by atoms with E-state index in [0.29, 0.717) is 42.6 Å². The molecular formula is C33H48Br2O6S. The van der Waals surface area contributed by atoms with Gasteiger partial charge in [-0.2, -0.15) is 0 Å². The molecule has 236 valence electrons. The summed E-state index contributed by atoms with van der Waals surface area (Å²) in [5.74, 6) is -0.504. The Balaban J connectivity index is 3.01. The Hall–Kier alpha value is -1.52. The topological polar surface area (TPSA) is 101 Å². The van der Waals surface area contributed by atoms with Crippen molar-refractivity contribution in [2.75, 3.05) is 6.61 Å². The second kappa shape index (κ2) is 19.7. The number of rotatable bonds is 18. The predicted octanol–water partition coefficient (Wildman–Crippen LogP) is 7.79. The molecule has 6 nitrogen and oxygen atoms in total. The number of aliphatic hydroxyl groups is 2. The molecule has 0 amide bonds. The van der Waals surface area contributed by atoms with Crippen LogP contribution in [-0.2, 0) is 19.4 Å². The van der Waals surface area contributed by atoms with E-state index in [0.717, 1.165) is 23.1 Å². The molecule has 5 atom stereocenters. The van der Waals surface area contributed by atoms with E-state index in [9.17, 15) is 23.4 Å². The van der Waals surface area contributed by atoms with E-state index in [1.807, 2.05) is 52.0 Å². The van der Waals surface area contributed by atoms with Gasteiger partial charge < -0.3 is 14.9 Å². The summed E-state index contributed by atoms with van der Waals surface area (Å²) >= 11 is 6.72. The Morgan fingerprint density at radius 3 is 1.98 bits per heavy atom. The van der Waals surface area contributed by atoms with Gasteiger partial charge in [-0.1, -0.05) is 92.4 Å². The van der Waals surface area contributed by atoms with Crippen LogP contribution in [0.15, 0.2) is 81.8 Å². The summed E-state index contributed by atoms with van der Waals surface area (Å²) in [6.45, 7) is 11.6. The van der Waals surface area contributed by atoms with Crippen LogP contribution in [0.3, 0.4) is 0 Å². The SMILES string of the molecule is CCOC(=O)C(Br)C(O)/C(C)=C/CC/C(C)=C/CC(/C=C(\C)CC/C=C(\C)C(O)C(Br)CC)S(=O)(=O)c1ccccc1. The van der Waals surface area contributed by atoms with Gasteiger partial charge in [-0.15, -0.1) is 0 Å². The average Bonchev–Trinajstić information content (AvgIpc) is 2.97. The van der Waals surface area contributed by atoms with Crippen molar-refractivity contribution >= 4 is 47.7 Å². The van der Waals surface area contributed by atoms with E-state index in [-0.39, 0.29) is 11.4 Å². The number of hydrogen-bond donors (Lipinski definition) is 2. The van der Waals surface area contributed by atoms with Crippen LogP contribution in [-0.4, -0.2) is 58.3 Å². The highest BCUT2D eigenvalue weighted by atomic mass is 79.9. The van der Waals surface area contributed by atoms with Crippen molar-refractivity contribution in [3.8, 4) is 0 Å². The minimum Gasteiger partial charge on any atom is -0.465 e. The van der Waals surface area contributed by atoms with Crippen molar-refractivity contribution in [3.63, 3.8) is 0 Å². The number of alkyl halides is 2. The minimum atomic E-state index is -3.61. The lowest BCUT2D eigenvalue weighted by molar-refractivity contribution is -0.143. The van der Waals surface area contributed by atoms with Crippen molar-refractivity contribution in [1.29, 1.82) is 0 Å². The van der Waals surface area contributed by atoms with Crippen LogP contribution in [0.4, 0.5) is 0 Å². The first-order valence-electron chi connectivity index (χ1n) is 14.5. The Morgan fingerprint density at radius 2 is 1.43 bits per heavy atom. The Labute approximate surface area is 270 Å². The molecular weight excluding hydrogens is 684 g/mol. The van der Waals surface area contributed by atoms with E-state index < -0.39 is 38.1 Å². The summed E-state index contributed by atoms with van der Waals surface area (Å²) in [6.07, 6.45) is 10.1. The third-order valence-electron chi connectivity index (χ3n) is 7.10. The molecule has 5 unspecified atom stereocenters. The molecule has 1 aromatic rings. The molecule has 0 saturated heterocycles. The Bertz CT molecular complexity index is 1200. The highest BCUT2D eigenvalue weighted by Crippen LogP contribution is 2.24. The van der Waals surface area contributed by atoms with Crippen molar-refractivity contribution in [2.24, 2.45) is 0 Å². The van der Waals surface area contributed by atoms with E-state index in [4.69, 9.17) is 4.74 Å². The van der Waals surface area contributed by atoms with Gasteiger partial charge in [0.1, 0.15) is 4.83 Å². The smallest absolute Gasteiger partial charge is 0.322 e. The number of benzene rings is 1. The van der Waals surface area contributed by atoms with Gasteiger partial charge in [-0.05, 0) is 96.4 Å². The number of allylic oxidation sites excluding steroid dienone is 5. The molecule has 0 saturated carbocycles. The van der Waals surface area contributed by atoms with Gasteiger partial charge in [0.2, 0.25) is 0 Å². The van der Waals surface area contributed by atoms with E-state index in [2.05, 4.69) is 31.9 Å². The lowest BCUT2D eigenvalue weighted by Crippen LogP contribution is -2.31. The summed E-state index contributed by atoms with van der Waals surface area (Å²) in [5.41, 5.74) is 3.59. The van der Waals surface area contributed by atoms with Crippen LogP contribution in [0, 0.1) is 0 Å². The van der Waals surface area contributed by atoms with Crippen molar-refractivity contribution in [1.82, 2.24) is 0 Å². The molecule has 0 spiro atoms. The quantitative estimate of drug-likeness (QED) is 0.0909. The van der Waals surface area contributed by atoms with Gasteiger partial charge in [0, 0.05) is 4.83 Å². The standard InChI is InChI=1S/C33H48Br2O6S/c1-7-29(34)31(36)25(5)16-13-15-24(4)22-28(42(39,40)27-18-10-9-11-19-27)21-20-23(3)14-12-17-26(6)32(37)30(35)33(38)41-8-2/h9-11,16-20,22,28-32,36-37H,7-8,12-15,21H2,1-6H3/b23-20+,24-22+,25-16+,26-17+. The molecule has 0 aliphatic carbocycles. The second-order valence-electron chi connectivity index (χ2n) is 10.6. The first-order chi connectivity index (χ1) is 19.8. The summed E-state index contributed by atoms with van der Waals surface area (Å²) in [4.78, 5) is 11.4. The number of carbonyl (C=O) groups is 1. The largest absolute Gasteiger partial charge is 0.465 e. The fourth-order valence-electron chi connectivity index (χ4n) is 4.28. The molecule has 0 heterocycles. The lowest BCUT2D eigenvalue weighted by Gasteiger charge is -2.17. The predicted molar refractivity (Wildman–Crippen MR) is 180 cm³/mol. The number of carbonyl (C=O) groups excluding carboxylic acids is 1. The van der Waals surface area contributed by atoms with Crippen LogP contribution in [0.25, 0.3) is 0 Å². The molecule has 1 rings (SSSR count). The molecule has 0 bridgehead atoms. The second-order valence-corrected chi connectivity index (χ2v) is 15.0. The van der Waals surface area contributed by atoms with Crippen molar-refractivity contribution in [3.05, 3.63) is 76.9 Å². The zero-order valence-electron chi connectivity index (χ0n) is 25.7. The third kappa shape index (κ3) is 13.0. The molecule has 0 radical (unpaired) electrons. The molecule has 0 aliphatic heterocycles. The van der Waals surface area contributed by atoms with Crippen LogP contribution in [0.2, 0.25) is 0 Å². The third-order valence-corrected chi connectivity index (χ3v) is 11.2. The molecule has 2 N–H and O–H groups in total. The molecule has 9 heteroatoms. The van der Waals surface area contributed by atoms with Crippen molar-refractivity contribution in [2.45, 2.75) is 112 Å². The Morgan fingerprint density at radius 1 is 0.881 bits per heavy atom. The molecule has 1 aromatic carbocycles. The summed E-state index contributed by atoms with van der Waals surface area (Å²) in [5, 5.41) is 20.1. The average molecular weight is 733 g/mol. The number of sulfone groups is 1. The monoisotopic (exact) mass is 730 g/mol. The van der Waals surface area contributed by atoms with Gasteiger partial charge >= 0.3 is 5.97 Å². The van der Waals surface area contributed by atoms with Gasteiger partial charge in [-0.25, -0.2) is 8.42 Å². The fourth-order valence-corrected chi connectivity index (χ4v) is 6.89. The highest BCUT2D eigenvalue weighted by molar-refractivity contribution is 9.10. The maximum absolute atomic E-state index is 13.6. The summed E-state index contributed by atoms with van der Waals surface area (Å²) in [7, 11) is -3.61. The summed E-state index contributed by atoms with van der Waals surface area (Å²) < 4.78 is 32.2. The minimum absolute atomic E-state index is 0.0104. The van der Waals surface area contributed by atoms with E-state index in [1.165, 1.54) is 0 Å². The fraction of sp³-hybridized carbons (Fsp3) is 0.545. The number of halogens is 2. The van der Waals surface area contributed by atoms with E-state index in [1.54, 1.807) is 44.2 Å². The Kier molecular flexibility index (Phi) is 18.1. The zero-order chi connectivity index (χ0) is 31.9. The molecule has 42 heavy (non-hydrogen) atoms. The van der Waals surface area contributed by atoms with Crippen LogP contribution >= 0.6 is 31.9 Å². The van der Waals surface area contributed by atoms with Crippen LogP contribution < -0.4 is 0 Å². The number of aliphatic hydroxyl groups excluding tert-OH is 2. The maximum Gasteiger partial charge on any atom is 0.322 e. The maximum atomic E-state index is 13.6. The van der Waals surface area contributed by atoms with Crippen LogP contribution in [0.5, 0.6) is 0 Å². The normalized spacial score (nSPS) is 17.4. The number of esters is 1. The molecule has 0 aromatic heterocycles. The van der Waals surface area contributed by atoms with Gasteiger partial charge in [0.25, 0.3) is 0 Å². The van der Waals surface area contributed by atoms with Crippen LogP contribution in [0.1, 0.15) is 80.1 Å². The first kappa shape index (κ1) is 38.5. The van der Waals surface area contributed by atoms with Crippen molar-refractivity contribution < 1.29 is 28.2 Å². The van der Waals surface area contributed by atoms with Gasteiger partial charge in [0.15, 0.2) is 9.84 Å². The molecule has 0 fully saturated rings. The van der Waals surface area contributed by atoms with E-state index >= 15 is 0 Å². The zero-order valence-corrected chi connectivity index (χ0v) is 29.7. The van der Waals surface area contributed by atoms with Gasteiger partial charge in [0.05, 0.1) is 29.0 Å². The summed E-state index contributed by atoms with van der Waals surface area (Å²) in [6, 6.07) is 8.53. The highest BCUT2D eigenvalue weighted by Gasteiger charge is 2.27. The lowest BCUT2D eigenvalue weighted by atomic mass is 10.0. The van der Waals surface area contributed by atoms with Gasteiger partial charge in [-0.3, -0.25) is 4.79 Å².